The number of nitrogens with one attached hydrogen (secondary N) is 2. The van der Waals surface area contributed by atoms with Gasteiger partial charge >= 0.3 is 0 Å². The molecular formula is C22H23N3O2. The summed E-state index contributed by atoms with van der Waals surface area (Å²) >= 11 is 0. The van der Waals surface area contributed by atoms with E-state index in [1.807, 2.05) is 43.3 Å². The first-order valence-electron chi connectivity index (χ1n) is 8.90. The first-order chi connectivity index (χ1) is 13.1. The molecule has 1 heterocycles. The van der Waals surface area contributed by atoms with Crippen LogP contribution in [0.2, 0.25) is 0 Å². The predicted molar refractivity (Wildman–Crippen MR) is 109 cm³/mol. The summed E-state index contributed by atoms with van der Waals surface area (Å²) < 4.78 is 5.41. The van der Waals surface area contributed by atoms with Gasteiger partial charge in [-0.25, -0.2) is 4.98 Å². The fourth-order valence-electron chi connectivity index (χ4n) is 2.67. The number of carbonyl (C=O) groups excluding carboxylic acids is 1. The molecule has 3 rings (SSSR count). The molecule has 0 radical (unpaired) electrons. The molecule has 0 unspecified atom stereocenters. The highest BCUT2D eigenvalue weighted by Gasteiger charge is 2.09. The minimum absolute atomic E-state index is 0.189. The molecule has 27 heavy (non-hydrogen) atoms. The van der Waals surface area contributed by atoms with E-state index in [2.05, 4.69) is 35.5 Å². The second kappa shape index (κ2) is 8.36. The fourth-order valence-corrected chi connectivity index (χ4v) is 2.67. The van der Waals surface area contributed by atoms with Gasteiger partial charge in [-0.2, -0.15) is 0 Å². The van der Waals surface area contributed by atoms with E-state index in [0.29, 0.717) is 23.7 Å². The van der Waals surface area contributed by atoms with Crippen LogP contribution in [-0.2, 0) is 0 Å². The van der Waals surface area contributed by atoms with E-state index in [0.717, 1.165) is 17.0 Å². The number of hydrogen-bond acceptors (Lipinski definition) is 4. The van der Waals surface area contributed by atoms with Crippen LogP contribution in [0.4, 0.5) is 17.2 Å². The van der Waals surface area contributed by atoms with Crippen molar-refractivity contribution in [3.05, 3.63) is 77.5 Å². The molecule has 0 atom stereocenters. The summed E-state index contributed by atoms with van der Waals surface area (Å²) in [5.74, 6) is 1.22. The molecule has 2 N–H and O–H groups in total. The molecule has 5 heteroatoms. The van der Waals surface area contributed by atoms with Gasteiger partial charge in [-0.1, -0.05) is 12.1 Å². The summed E-state index contributed by atoms with van der Waals surface area (Å²) in [4.78, 5) is 16.9. The van der Waals surface area contributed by atoms with Gasteiger partial charge in [0.15, 0.2) is 0 Å². The van der Waals surface area contributed by atoms with Crippen molar-refractivity contribution in [1.29, 1.82) is 0 Å². The van der Waals surface area contributed by atoms with Gasteiger partial charge in [0.2, 0.25) is 0 Å². The van der Waals surface area contributed by atoms with Crippen LogP contribution in [0.3, 0.4) is 0 Å². The maximum absolute atomic E-state index is 12.6. The van der Waals surface area contributed by atoms with Gasteiger partial charge in [-0.3, -0.25) is 4.79 Å². The summed E-state index contributed by atoms with van der Waals surface area (Å²) in [6, 6.07) is 16.8. The lowest BCUT2D eigenvalue weighted by Crippen LogP contribution is -2.12. The van der Waals surface area contributed by atoms with Crippen LogP contribution >= 0.6 is 0 Å². The van der Waals surface area contributed by atoms with Gasteiger partial charge < -0.3 is 15.4 Å². The Hall–Kier alpha value is -3.34. The molecule has 0 saturated heterocycles. The van der Waals surface area contributed by atoms with Crippen molar-refractivity contribution in [3.8, 4) is 5.75 Å². The number of carbonyl (C=O) groups is 1. The van der Waals surface area contributed by atoms with E-state index in [-0.39, 0.29) is 5.91 Å². The zero-order valence-electron chi connectivity index (χ0n) is 15.7. The molecule has 1 aromatic heterocycles. The van der Waals surface area contributed by atoms with Crippen molar-refractivity contribution in [2.24, 2.45) is 0 Å². The fraction of sp³-hybridized carbons (Fsp3) is 0.182. The Morgan fingerprint density at radius 2 is 1.85 bits per heavy atom. The van der Waals surface area contributed by atoms with Crippen molar-refractivity contribution in [2.45, 2.75) is 20.8 Å². The number of aromatic nitrogens is 1. The van der Waals surface area contributed by atoms with Gasteiger partial charge in [-0.15, -0.1) is 0 Å². The van der Waals surface area contributed by atoms with Crippen LogP contribution in [0.25, 0.3) is 0 Å². The van der Waals surface area contributed by atoms with Gasteiger partial charge in [0, 0.05) is 23.1 Å². The Kier molecular flexibility index (Phi) is 5.71. The second-order valence-electron chi connectivity index (χ2n) is 6.21. The number of amides is 1. The van der Waals surface area contributed by atoms with E-state index in [9.17, 15) is 4.79 Å². The van der Waals surface area contributed by atoms with Crippen molar-refractivity contribution in [3.63, 3.8) is 0 Å². The number of benzene rings is 2. The second-order valence-corrected chi connectivity index (χ2v) is 6.21. The van der Waals surface area contributed by atoms with Crippen LogP contribution < -0.4 is 15.4 Å². The molecule has 0 aliphatic carbocycles. The molecular weight excluding hydrogens is 338 g/mol. The Morgan fingerprint density at radius 3 is 2.59 bits per heavy atom. The minimum atomic E-state index is -0.189. The van der Waals surface area contributed by atoms with Crippen LogP contribution in [0, 0.1) is 13.8 Å². The van der Waals surface area contributed by atoms with Crippen molar-refractivity contribution in [2.75, 3.05) is 17.2 Å². The lowest BCUT2D eigenvalue weighted by atomic mass is 10.1. The lowest BCUT2D eigenvalue weighted by Gasteiger charge is -2.12. The van der Waals surface area contributed by atoms with Crippen LogP contribution in [0.5, 0.6) is 5.75 Å². The first-order valence-corrected chi connectivity index (χ1v) is 8.90. The minimum Gasteiger partial charge on any atom is -0.494 e. The molecule has 0 aliphatic rings. The third-order valence-electron chi connectivity index (χ3n) is 4.31. The topological polar surface area (TPSA) is 63.2 Å². The molecule has 2 aromatic carbocycles. The number of aryl methyl sites for hydroxylation is 1. The van der Waals surface area contributed by atoms with Crippen molar-refractivity contribution < 1.29 is 9.53 Å². The van der Waals surface area contributed by atoms with Gasteiger partial charge in [0.1, 0.15) is 11.6 Å². The maximum Gasteiger partial charge on any atom is 0.255 e. The zero-order chi connectivity index (χ0) is 19.2. The summed E-state index contributed by atoms with van der Waals surface area (Å²) in [6.07, 6.45) is 1.63. The molecule has 0 saturated carbocycles. The SMILES string of the molecule is CCOc1ccc(NC(=O)c2ccnc(Nc3cccc(C)c3C)c2)cc1. The Bertz CT molecular complexity index is 937. The smallest absolute Gasteiger partial charge is 0.255 e. The predicted octanol–water partition coefficient (Wildman–Crippen LogP) is 5.09. The molecule has 138 valence electrons. The number of rotatable bonds is 6. The summed E-state index contributed by atoms with van der Waals surface area (Å²) in [6.45, 7) is 6.66. The average Bonchev–Trinajstić information content (AvgIpc) is 2.67. The molecule has 3 aromatic rings. The Labute approximate surface area is 159 Å². The number of ether oxygens (including phenoxy) is 1. The molecule has 0 spiro atoms. The number of pyridine rings is 1. The summed E-state index contributed by atoms with van der Waals surface area (Å²) in [5, 5.41) is 6.18. The molecule has 0 bridgehead atoms. The highest BCUT2D eigenvalue weighted by molar-refractivity contribution is 6.04. The first kappa shape index (κ1) is 18.5. The quantitative estimate of drug-likeness (QED) is 0.642. The molecule has 0 fully saturated rings. The third-order valence-corrected chi connectivity index (χ3v) is 4.31. The van der Waals surface area contributed by atoms with Crippen LogP contribution in [-0.4, -0.2) is 17.5 Å². The average molecular weight is 361 g/mol. The summed E-state index contributed by atoms with van der Waals surface area (Å²) in [7, 11) is 0. The number of anilines is 3. The standard InChI is InChI=1S/C22H23N3O2/c1-4-27-19-10-8-18(9-11-19)24-22(26)17-12-13-23-21(14-17)25-20-7-5-6-15(2)16(20)3/h5-14H,4H2,1-3H3,(H,23,25)(H,24,26). The molecule has 1 amide bonds. The van der Waals surface area contributed by atoms with Crippen molar-refractivity contribution in [1.82, 2.24) is 4.98 Å². The normalized spacial score (nSPS) is 10.3. The van der Waals surface area contributed by atoms with Gasteiger partial charge in [0.25, 0.3) is 5.91 Å². The van der Waals surface area contributed by atoms with E-state index in [4.69, 9.17) is 4.74 Å². The lowest BCUT2D eigenvalue weighted by molar-refractivity contribution is 0.102. The highest BCUT2D eigenvalue weighted by atomic mass is 16.5. The van der Waals surface area contributed by atoms with Gasteiger partial charge in [0.05, 0.1) is 6.61 Å². The van der Waals surface area contributed by atoms with Crippen LogP contribution in [0.15, 0.2) is 60.8 Å². The van der Waals surface area contributed by atoms with Crippen LogP contribution in [0.1, 0.15) is 28.4 Å². The monoisotopic (exact) mass is 361 g/mol. The van der Waals surface area contributed by atoms with E-state index < -0.39 is 0 Å². The van der Waals surface area contributed by atoms with E-state index in [1.165, 1.54) is 5.56 Å². The van der Waals surface area contributed by atoms with E-state index >= 15 is 0 Å². The highest BCUT2D eigenvalue weighted by Crippen LogP contribution is 2.22. The zero-order valence-corrected chi connectivity index (χ0v) is 15.7. The largest absolute Gasteiger partial charge is 0.494 e. The number of nitrogens with zero attached hydrogens (tertiary/aromatic N) is 1. The molecule has 0 aliphatic heterocycles. The Balaban J connectivity index is 1.72. The number of hydrogen-bond donors (Lipinski definition) is 2. The summed E-state index contributed by atoms with van der Waals surface area (Å²) in [5.41, 5.74) is 4.58. The van der Waals surface area contributed by atoms with E-state index in [1.54, 1.807) is 18.3 Å². The maximum atomic E-state index is 12.6. The Morgan fingerprint density at radius 1 is 1.07 bits per heavy atom. The third kappa shape index (κ3) is 4.64. The van der Waals surface area contributed by atoms with Gasteiger partial charge in [-0.05, 0) is 74.4 Å². The van der Waals surface area contributed by atoms with Crippen molar-refractivity contribution >= 4 is 23.1 Å². The molecule has 5 nitrogen and oxygen atoms in total.